The second kappa shape index (κ2) is 9.04. The first-order chi connectivity index (χ1) is 14.9. The van der Waals surface area contributed by atoms with Crippen LogP contribution in [0.1, 0.15) is 63.0 Å². The largest absolute Gasteiger partial charge is 0.487 e. The van der Waals surface area contributed by atoms with Gasteiger partial charge in [0.25, 0.3) is 0 Å². The van der Waals surface area contributed by atoms with Crippen molar-refractivity contribution in [2.24, 2.45) is 5.73 Å². The molecule has 0 bridgehead atoms. The van der Waals surface area contributed by atoms with Gasteiger partial charge >= 0.3 is 0 Å². The molecule has 1 aliphatic carbocycles. The van der Waals surface area contributed by atoms with E-state index in [2.05, 4.69) is 18.7 Å². The smallest absolute Gasteiger partial charge is 0.227 e. The second-order valence-electron chi connectivity index (χ2n) is 8.88. The molecule has 4 rings (SSSR count). The van der Waals surface area contributed by atoms with Crippen molar-refractivity contribution in [3.05, 3.63) is 60.2 Å². The van der Waals surface area contributed by atoms with Crippen LogP contribution in [0.2, 0.25) is 0 Å². The standard InChI is InChI=1S/C26H32N2O3/c1-17(2)30-24-12-11-20(14-25(24)31-23-9-4-5-10-23)21-15-26(29)28(16-21)22-8-6-7-19(13-22)18(3)27/h6-8,11-14,17,21,23H,3-5,9-10,15-16,27H2,1-2H3/t21-/m0/s1. The predicted molar refractivity (Wildman–Crippen MR) is 124 cm³/mol. The van der Waals surface area contributed by atoms with Crippen LogP contribution in [-0.4, -0.2) is 24.7 Å². The first-order valence-corrected chi connectivity index (χ1v) is 11.2. The molecule has 1 atom stereocenters. The molecule has 2 aromatic rings. The topological polar surface area (TPSA) is 64.8 Å². The van der Waals surface area contributed by atoms with Gasteiger partial charge in [0.1, 0.15) is 0 Å². The van der Waals surface area contributed by atoms with Crippen molar-refractivity contribution in [2.45, 2.75) is 64.1 Å². The lowest BCUT2D eigenvalue weighted by atomic mass is 9.97. The van der Waals surface area contributed by atoms with Crippen molar-refractivity contribution >= 4 is 17.3 Å². The summed E-state index contributed by atoms with van der Waals surface area (Å²) in [6.07, 6.45) is 5.40. The lowest BCUT2D eigenvalue weighted by molar-refractivity contribution is -0.117. The Hall–Kier alpha value is -2.95. The molecule has 1 saturated heterocycles. The molecule has 1 saturated carbocycles. The monoisotopic (exact) mass is 420 g/mol. The average molecular weight is 421 g/mol. The zero-order valence-corrected chi connectivity index (χ0v) is 18.5. The van der Waals surface area contributed by atoms with E-state index in [9.17, 15) is 4.79 Å². The van der Waals surface area contributed by atoms with Gasteiger partial charge in [-0.3, -0.25) is 4.79 Å². The van der Waals surface area contributed by atoms with Gasteiger partial charge in [-0.2, -0.15) is 0 Å². The first kappa shape index (κ1) is 21.3. The van der Waals surface area contributed by atoms with Gasteiger partial charge in [-0.05, 0) is 74.9 Å². The van der Waals surface area contributed by atoms with Crippen LogP contribution in [0.3, 0.4) is 0 Å². The van der Waals surface area contributed by atoms with Crippen molar-refractivity contribution in [1.82, 2.24) is 0 Å². The predicted octanol–water partition coefficient (Wildman–Crippen LogP) is 5.25. The zero-order chi connectivity index (χ0) is 22.0. The summed E-state index contributed by atoms with van der Waals surface area (Å²) in [6, 6.07) is 13.8. The van der Waals surface area contributed by atoms with E-state index in [1.807, 2.05) is 49.1 Å². The summed E-state index contributed by atoms with van der Waals surface area (Å²) in [5, 5.41) is 0. The molecule has 2 aliphatic rings. The number of carbonyl (C=O) groups excluding carboxylic acids is 1. The van der Waals surface area contributed by atoms with Crippen LogP contribution >= 0.6 is 0 Å². The minimum atomic E-state index is 0.0740. The molecular weight excluding hydrogens is 388 g/mol. The fraction of sp³-hybridized carbons (Fsp3) is 0.423. The molecular formula is C26H32N2O3. The maximum atomic E-state index is 12.8. The molecule has 2 fully saturated rings. The molecule has 164 valence electrons. The highest BCUT2D eigenvalue weighted by Crippen LogP contribution is 2.38. The minimum Gasteiger partial charge on any atom is -0.487 e. The van der Waals surface area contributed by atoms with Crippen LogP contribution in [0.25, 0.3) is 5.70 Å². The Morgan fingerprint density at radius 3 is 2.61 bits per heavy atom. The van der Waals surface area contributed by atoms with E-state index in [0.29, 0.717) is 18.7 Å². The van der Waals surface area contributed by atoms with E-state index in [-0.39, 0.29) is 24.0 Å². The molecule has 0 aromatic heterocycles. The highest BCUT2D eigenvalue weighted by molar-refractivity contribution is 5.96. The Morgan fingerprint density at radius 1 is 1.13 bits per heavy atom. The second-order valence-corrected chi connectivity index (χ2v) is 8.88. The lowest BCUT2D eigenvalue weighted by Gasteiger charge is -2.21. The van der Waals surface area contributed by atoms with Gasteiger partial charge in [-0.25, -0.2) is 0 Å². The van der Waals surface area contributed by atoms with Crippen LogP contribution in [0.4, 0.5) is 5.69 Å². The number of hydrogen-bond donors (Lipinski definition) is 1. The number of amides is 1. The van der Waals surface area contributed by atoms with E-state index in [4.69, 9.17) is 15.2 Å². The Labute approximate surface area is 184 Å². The fourth-order valence-electron chi connectivity index (χ4n) is 4.46. The van der Waals surface area contributed by atoms with Gasteiger partial charge in [0.05, 0.1) is 12.2 Å². The summed E-state index contributed by atoms with van der Waals surface area (Å²) in [4.78, 5) is 14.7. The summed E-state index contributed by atoms with van der Waals surface area (Å²) in [6.45, 7) is 8.47. The Kier molecular flexibility index (Phi) is 6.21. The third-order valence-corrected chi connectivity index (χ3v) is 6.05. The van der Waals surface area contributed by atoms with E-state index >= 15 is 0 Å². The van der Waals surface area contributed by atoms with Gasteiger partial charge in [0.15, 0.2) is 11.5 Å². The summed E-state index contributed by atoms with van der Waals surface area (Å²) in [5.41, 5.74) is 9.16. The maximum Gasteiger partial charge on any atom is 0.227 e. The molecule has 0 radical (unpaired) electrons. The van der Waals surface area contributed by atoms with Crippen LogP contribution in [0.15, 0.2) is 49.0 Å². The van der Waals surface area contributed by atoms with Gasteiger partial charge in [0.2, 0.25) is 5.91 Å². The number of rotatable bonds is 7. The van der Waals surface area contributed by atoms with E-state index in [0.717, 1.165) is 41.2 Å². The maximum absolute atomic E-state index is 12.8. The van der Waals surface area contributed by atoms with Gasteiger partial charge in [0, 0.05) is 30.3 Å². The number of nitrogens with zero attached hydrogens (tertiary/aromatic N) is 1. The Morgan fingerprint density at radius 2 is 1.90 bits per heavy atom. The number of anilines is 1. The molecule has 1 aliphatic heterocycles. The number of carbonyl (C=O) groups is 1. The molecule has 2 aromatic carbocycles. The third kappa shape index (κ3) is 4.87. The molecule has 5 nitrogen and oxygen atoms in total. The van der Waals surface area contributed by atoms with Crippen LogP contribution in [0.5, 0.6) is 11.5 Å². The molecule has 31 heavy (non-hydrogen) atoms. The summed E-state index contributed by atoms with van der Waals surface area (Å²) in [5.74, 6) is 1.80. The molecule has 1 amide bonds. The fourth-order valence-corrected chi connectivity index (χ4v) is 4.46. The quantitative estimate of drug-likeness (QED) is 0.665. The summed E-state index contributed by atoms with van der Waals surface area (Å²) >= 11 is 0. The summed E-state index contributed by atoms with van der Waals surface area (Å²) < 4.78 is 12.3. The van der Waals surface area contributed by atoms with Crippen molar-refractivity contribution in [3.8, 4) is 11.5 Å². The van der Waals surface area contributed by atoms with Gasteiger partial charge in [-0.1, -0.05) is 24.8 Å². The van der Waals surface area contributed by atoms with Crippen LogP contribution in [-0.2, 0) is 4.79 Å². The lowest BCUT2D eigenvalue weighted by Crippen LogP contribution is -2.24. The number of hydrogen-bond acceptors (Lipinski definition) is 4. The number of ether oxygens (including phenoxy) is 2. The third-order valence-electron chi connectivity index (χ3n) is 6.05. The van der Waals surface area contributed by atoms with Crippen molar-refractivity contribution in [1.29, 1.82) is 0 Å². The number of benzene rings is 2. The van der Waals surface area contributed by atoms with Crippen molar-refractivity contribution in [3.63, 3.8) is 0 Å². The Balaban J connectivity index is 1.56. The van der Waals surface area contributed by atoms with Crippen molar-refractivity contribution < 1.29 is 14.3 Å². The molecule has 0 spiro atoms. The highest BCUT2D eigenvalue weighted by atomic mass is 16.5. The summed E-state index contributed by atoms with van der Waals surface area (Å²) in [7, 11) is 0. The number of nitrogens with two attached hydrogens (primary N) is 1. The van der Waals surface area contributed by atoms with E-state index in [1.165, 1.54) is 12.8 Å². The van der Waals surface area contributed by atoms with Crippen LogP contribution in [0, 0.1) is 0 Å². The van der Waals surface area contributed by atoms with E-state index < -0.39 is 0 Å². The van der Waals surface area contributed by atoms with Gasteiger partial charge < -0.3 is 20.1 Å². The van der Waals surface area contributed by atoms with E-state index in [1.54, 1.807) is 0 Å². The SMILES string of the molecule is C=C(N)c1cccc(N2C[C@@H](c3ccc(OC(C)C)c(OC4CCCC4)c3)CC2=O)c1. The van der Waals surface area contributed by atoms with Gasteiger partial charge in [-0.15, -0.1) is 0 Å². The highest BCUT2D eigenvalue weighted by Gasteiger charge is 2.32. The normalized spacial score (nSPS) is 19.3. The zero-order valence-electron chi connectivity index (χ0n) is 18.5. The molecule has 2 N–H and O–H groups in total. The van der Waals surface area contributed by atoms with Crippen molar-refractivity contribution in [2.75, 3.05) is 11.4 Å². The van der Waals surface area contributed by atoms with Crippen LogP contribution < -0.4 is 20.1 Å². The minimum absolute atomic E-state index is 0.0740. The Bertz CT molecular complexity index is 963. The average Bonchev–Trinajstić information content (AvgIpc) is 3.38. The molecule has 1 heterocycles. The first-order valence-electron chi connectivity index (χ1n) is 11.2. The molecule has 5 heteroatoms. The molecule has 0 unspecified atom stereocenters.